The predicted octanol–water partition coefficient (Wildman–Crippen LogP) is 2.86. The van der Waals surface area contributed by atoms with Gasteiger partial charge in [0.15, 0.2) is 12.6 Å². The lowest BCUT2D eigenvalue weighted by molar-refractivity contribution is -0.219. The molecule has 2 aliphatic rings. The molecule has 0 bridgehead atoms. The highest BCUT2D eigenvalue weighted by Gasteiger charge is 2.44. The Kier molecular flexibility index (Phi) is 4.36. The average molecular weight is 278 g/mol. The minimum atomic E-state index is -0.230. The summed E-state index contributed by atoms with van der Waals surface area (Å²) in [6, 6.07) is 10.2. The first-order valence-corrected chi connectivity index (χ1v) is 7.38. The van der Waals surface area contributed by atoms with Crippen molar-refractivity contribution in [1.82, 2.24) is 0 Å². The summed E-state index contributed by atoms with van der Waals surface area (Å²) >= 11 is 0. The van der Waals surface area contributed by atoms with Crippen molar-refractivity contribution in [1.29, 1.82) is 0 Å². The Morgan fingerprint density at radius 2 is 1.95 bits per heavy atom. The van der Waals surface area contributed by atoms with Gasteiger partial charge in [-0.25, -0.2) is 0 Å². The Labute approximate surface area is 120 Å². The maximum atomic E-state index is 6.00. The van der Waals surface area contributed by atoms with E-state index in [1.54, 1.807) is 0 Å². The third-order valence-corrected chi connectivity index (χ3v) is 3.89. The molecule has 0 aliphatic carbocycles. The van der Waals surface area contributed by atoms with E-state index in [1.807, 2.05) is 25.1 Å². The van der Waals surface area contributed by atoms with E-state index in [9.17, 15) is 0 Å². The summed E-state index contributed by atoms with van der Waals surface area (Å²) in [4.78, 5) is 0. The summed E-state index contributed by atoms with van der Waals surface area (Å²) in [5.74, 6) is 0. The van der Waals surface area contributed by atoms with Crippen LogP contribution in [0, 0.1) is 0 Å². The minimum Gasteiger partial charge on any atom is -0.371 e. The summed E-state index contributed by atoms with van der Waals surface area (Å²) in [5.41, 5.74) is 1.18. The molecule has 0 unspecified atom stereocenters. The Balaban J connectivity index is 1.55. The topological polar surface area (TPSA) is 36.9 Å². The van der Waals surface area contributed by atoms with Crippen molar-refractivity contribution >= 4 is 0 Å². The molecule has 5 atom stereocenters. The van der Waals surface area contributed by atoms with Gasteiger partial charge >= 0.3 is 0 Å². The summed E-state index contributed by atoms with van der Waals surface area (Å²) in [6.07, 6.45) is 1.39. The molecular weight excluding hydrogens is 256 g/mol. The molecule has 0 aromatic heterocycles. The minimum absolute atomic E-state index is 0.00285. The van der Waals surface area contributed by atoms with Crippen LogP contribution in [0.25, 0.3) is 0 Å². The van der Waals surface area contributed by atoms with Gasteiger partial charge in [0, 0.05) is 6.42 Å². The predicted molar refractivity (Wildman–Crippen MR) is 74.0 cm³/mol. The normalized spacial score (nSPS) is 36.8. The van der Waals surface area contributed by atoms with Gasteiger partial charge in [-0.15, -0.1) is 0 Å². The molecule has 4 heteroatoms. The first-order valence-electron chi connectivity index (χ1n) is 7.38. The fourth-order valence-electron chi connectivity index (χ4n) is 2.71. The molecule has 110 valence electrons. The van der Waals surface area contributed by atoms with Crippen molar-refractivity contribution in [2.24, 2.45) is 0 Å². The number of fused-ring (bicyclic) bond motifs is 1. The van der Waals surface area contributed by atoms with Crippen LogP contribution in [-0.4, -0.2) is 30.9 Å². The summed E-state index contributed by atoms with van der Waals surface area (Å²) < 4.78 is 23.4. The van der Waals surface area contributed by atoms with Gasteiger partial charge in [0.2, 0.25) is 0 Å². The Morgan fingerprint density at radius 1 is 1.15 bits per heavy atom. The van der Waals surface area contributed by atoms with Gasteiger partial charge in [-0.1, -0.05) is 37.3 Å². The van der Waals surface area contributed by atoms with Crippen LogP contribution in [0.4, 0.5) is 0 Å². The van der Waals surface area contributed by atoms with E-state index >= 15 is 0 Å². The molecule has 2 saturated heterocycles. The highest BCUT2D eigenvalue weighted by Crippen LogP contribution is 2.33. The Hall–Kier alpha value is -0.940. The molecule has 2 heterocycles. The van der Waals surface area contributed by atoms with Crippen LogP contribution in [0.3, 0.4) is 0 Å². The van der Waals surface area contributed by atoms with E-state index < -0.39 is 0 Å². The molecular formula is C16H22O4. The van der Waals surface area contributed by atoms with Gasteiger partial charge < -0.3 is 18.9 Å². The maximum absolute atomic E-state index is 6.00. The van der Waals surface area contributed by atoms with Crippen molar-refractivity contribution in [2.45, 2.75) is 64.2 Å². The summed E-state index contributed by atoms with van der Waals surface area (Å²) in [5, 5.41) is 0. The molecule has 1 aromatic rings. The molecule has 0 spiro atoms. The van der Waals surface area contributed by atoms with Crippen molar-refractivity contribution < 1.29 is 18.9 Å². The van der Waals surface area contributed by atoms with Gasteiger partial charge in [0.05, 0.1) is 18.8 Å². The molecule has 0 saturated carbocycles. The van der Waals surface area contributed by atoms with Crippen LogP contribution in [0.1, 0.15) is 32.3 Å². The monoisotopic (exact) mass is 278 g/mol. The van der Waals surface area contributed by atoms with E-state index in [-0.39, 0.29) is 30.9 Å². The molecule has 0 radical (unpaired) electrons. The van der Waals surface area contributed by atoms with E-state index in [2.05, 4.69) is 19.1 Å². The SMILES string of the molecule is CC[C@H]1O[C@H]2O[C@H](C)[C@@H](OCc3ccccc3)C[C@H]2O1. The largest absolute Gasteiger partial charge is 0.371 e. The summed E-state index contributed by atoms with van der Waals surface area (Å²) in [7, 11) is 0. The Bertz CT molecular complexity index is 422. The molecule has 0 N–H and O–H groups in total. The van der Waals surface area contributed by atoms with Crippen molar-refractivity contribution in [3.8, 4) is 0 Å². The lowest BCUT2D eigenvalue weighted by atomic mass is 10.0. The molecule has 0 amide bonds. The van der Waals surface area contributed by atoms with Gasteiger partial charge in [-0.2, -0.15) is 0 Å². The summed E-state index contributed by atoms with van der Waals surface area (Å²) in [6.45, 7) is 4.69. The van der Waals surface area contributed by atoms with Crippen molar-refractivity contribution in [2.75, 3.05) is 0 Å². The molecule has 3 rings (SSSR count). The lowest BCUT2D eigenvalue weighted by Gasteiger charge is -2.34. The number of hydrogen-bond donors (Lipinski definition) is 0. The zero-order chi connectivity index (χ0) is 13.9. The zero-order valence-corrected chi connectivity index (χ0v) is 12.0. The molecule has 20 heavy (non-hydrogen) atoms. The van der Waals surface area contributed by atoms with Crippen LogP contribution in [0.5, 0.6) is 0 Å². The first kappa shape index (κ1) is 14.0. The standard InChI is InChI=1S/C16H22O4/c1-3-15-19-14-9-13(11(2)18-16(14)20-15)17-10-12-7-5-4-6-8-12/h4-8,11,13-16H,3,9-10H2,1-2H3/t11-,13+,14-,15-,16-/m1/s1. The highest BCUT2D eigenvalue weighted by molar-refractivity contribution is 5.13. The first-order chi connectivity index (χ1) is 9.76. The van der Waals surface area contributed by atoms with E-state index in [0.29, 0.717) is 6.61 Å². The second kappa shape index (κ2) is 6.22. The smallest absolute Gasteiger partial charge is 0.187 e. The number of hydrogen-bond acceptors (Lipinski definition) is 4. The number of ether oxygens (including phenoxy) is 4. The van der Waals surface area contributed by atoms with Gasteiger partial charge in [-0.05, 0) is 18.9 Å². The quantitative estimate of drug-likeness (QED) is 0.848. The van der Waals surface area contributed by atoms with Gasteiger partial charge in [-0.3, -0.25) is 0 Å². The van der Waals surface area contributed by atoms with Gasteiger partial charge in [0.1, 0.15) is 6.10 Å². The van der Waals surface area contributed by atoms with Crippen LogP contribution >= 0.6 is 0 Å². The molecule has 2 aliphatic heterocycles. The fourth-order valence-corrected chi connectivity index (χ4v) is 2.71. The third kappa shape index (κ3) is 3.04. The number of rotatable bonds is 4. The lowest BCUT2D eigenvalue weighted by Crippen LogP contribution is -2.45. The molecule has 2 fully saturated rings. The van der Waals surface area contributed by atoms with Crippen LogP contribution in [0.2, 0.25) is 0 Å². The maximum Gasteiger partial charge on any atom is 0.187 e. The second-order valence-electron chi connectivity index (χ2n) is 5.43. The molecule has 4 nitrogen and oxygen atoms in total. The average Bonchev–Trinajstić information content (AvgIpc) is 2.87. The van der Waals surface area contributed by atoms with Crippen molar-refractivity contribution in [3.05, 3.63) is 35.9 Å². The van der Waals surface area contributed by atoms with Crippen LogP contribution in [0.15, 0.2) is 30.3 Å². The second-order valence-corrected chi connectivity index (χ2v) is 5.43. The van der Waals surface area contributed by atoms with Crippen LogP contribution < -0.4 is 0 Å². The zero-order valence-electron chi connectivity index (χ0n) is 12.0. The van der Waals surface area contributed by atoms with Gasteiger partial charge in [0.25, 0.3) is 0 Å². The molecule has 1 aromatic carbocycles. The number of benzene rings is 1. The van der Waals surface area contributed by atoms with Crippen molar-refractivity contribution in [3.63, 3.8) is 0 Å². The van der Waals surface area contributed by atoms with E-state index in [1.165, 1.54) is 5.56 Å². The highest BCUT2D eigenvalue weighted by atomic mass is 16.8. The van der Waals surface area contributed by atoms with Crippen LogP contribution in [-0.2, 0) is 25.6 Å². The Morgan fingerprint density at radius 3 is 2.70 bits per heavy atom. The van der Waals surface area contributed by atoms with E-state index in [0.717, 1.165) is 12.8 Å². The van der Waals surface area contributed by atoms with E-state index in [4.69, 9.17) is 18.9 Å². The fraction of sp³-hybridized carbons (Fsp3) is 0.625. The third-order valence-electron chi connectivity index (χ3n) is 3.89.